The van der Waals surface area contributed by atoms with Crippen LogP contribution in [0.2, 0.25) is 0 Å². The Bertz CT molecular complexity index is 1210. The summed E-state index contributed by atoms with van der Waals surface area (Å²) in [4.78, 5) is 21.9. The summed E-state index contributed by atoms with van der Waals surface area (Å²) in [5.41, 5.74) is 4.31. The van der Waals surface area contributed by atoms with Crippen molar-refractivity contribution in [2.45, 2.75) is 51.5 Å². The van der Waals surface area contributed by atoms with Crippen LogP contribution >= 0.6 is 0 Å². The van der Waals surface area contributed by atoms with Crippen molar-refractivity contribution in [1.29, 1.82) is 0 Å². The quantitative estimate of drug-likeness (QED) is 0.287. The van der Waals surface area contributed by atoms with Gasteiger partial charge in [-0.2, -0.15) is 0 Å². The van der Waals surface area contributed by atoms with Crippen molar-refractivity contribution in [2.75, 3.05) is 5.32 Å². The largest absolute Gasteiger partial charge is 0.332 e. The first-order chi connectivity index (χ1) is 16.8. The lowest BCUT2D eigenvalue weighted by Gasteiger charge is -2.23. The topological polar surface area (TPSA) is 59.8 Å². The standard InChI is InChI=1S/C29H32N4O/c34-29(32-24-15-18-30-19-16-24)25(22-11-4-5-12-22)13-6-7-20-33-21-27(23-9-2-1-3-10-23)26-14-8-17-31-28(26)33/h1-3,8-10,14-19,21-22,25H,4-7,11-13,20H2,(H,30,32,34). The van der Waals surface area contributed by atoms with Crippen molar-refractivity contribution >= 4 is 22.6 Å². The molecule has 1 N–H and O–H groups in total. The Labute approximate surface area is 201 Å². The summed E-state index contributed by atoms with van der Waals surface area (Å²) in [6, 6.07) is 18.4. The molecule has 1 aromatic carbocycles. The maximum atomic E-state index is 13.2. The molecule has 5 rings (SSSR count). The zero-order valence-electron chi connectivity index (χ0n) is 19.6. The van der Waals surface area contributed by atoms with Crippen LogP contribution in [0.25, 0.3) is 22.2 Å². The summed E-state index contributed by atoms with van der Waals surface area (Å²) >= 11 is 0. The van der Waals surface area contributed by atoms with E-state index in [-0.39, 0.29) is 11.8 Å². The van der Waals surface area contributed by atoms with E-state index in [1.54, 1.807) is 12.4 Å². The lowest BCUT2D eigenvalue weighted by molar-refractivity contribution is -0.121. The molecular weight excluding hydrogens is 420 g/mol. The highest BCUT2D eigenvalue weighted by Gasteiger charge is 2.30. The van der Waals surface area contributed by atoms with E-state index in [9.17, 15) is 4.79 Å². The normalized spacial score (nSPS) is 14.9. The fourth-order valence-corrected chi connectivity index (χ4v) is 5.40. The minimum Gasteiger partial charge on any atom is -0.332 e. The minimum atomic E-state index is 0.0788. The van der Waals surface area contributed by atoms with Gasteiger partial charge in [0.2, 0.25) is 5.91 Å². The molecule has 0 radical (unpaired) electrons. The first kappa shape index (κ1) is 22.3. The highest BCUT2D eigenvalue weighted by atomic mass is 16.1. The molecule has 0 bridgehead atoms. The molecule has 5 nitrogen and oxygen atoms in total. The molecular formula is C29H32N4O. The van der Waals surface area contributed by atoms with Gasteiger partial charge < -0.3 is 9.88 Å². The van der Waals surface area contributed by atoms with E-state index >= 15 is 0 Å². The van der Waals surface area contributed by atoms with Gasteiger partial charge in [0.25, 0.3) is 0 Å². The molecule has 0 aliphatic heterocycles. The van der Waals surface area contributed by atoms with Gasteiger partial charge in [-0.05, 0) is 61.4 Å². The van der Waals surface area contributed by atoms with Gasteiger partial charge in [0, 0.05) is 53.9 Å². The van der Waals surface area contributed by atoms with E-state index < -0.39 is 0 Å². The minimum absolute atomic E-state index is 0.0788. The third-order valence-corrected chi connectivity index (χ3v) is 7.14. The predicted molar refractivity (Wildman–Crippen MR) is 137 cm³/mol. The monoisotopic (exact) mass is 452 g/mol. The number of carbonyl (C=O) groups is 1. The van der Waals surface area contributed by atoms with Crippen molar-refractivity contribution in [2.24, 2.45) is 11.8 Å². The van der Waals surface area contributed by atoms with Crippen LogP contribution in [0.1, 0.15) is 44.9 Å². The number of carbonyl (C=O) groups excluding carboxylic acids is 1. The molecule has 1 aliphatic rings. The molecule has 1 amide bonds. The van der Waals surface area contributed by atoms with Gasteiger partial charge in [-0.3, -0.25) is 9.78 Å². The lowest BCUT2D eigenvalue weighted by Crippen LogP contribution is -2.28. The number of benzene rings is 1. The Morgan fingerprint density at radius 1 is 0.971 bits per heavy atom. The smallest absolute Gasteiger partial charge is 0.227 e. The number of nitrogens with one attached hydrogen (secondary N) is 1. The molecule has 1 fully saturated rings. The number of hydrogen-bond donors (Lipinski definition) is 1. The number of hydrogen-bond acceptors (Lipinski definition) is 3. The lowest BCUT2D eigenvalue weighted by atomic mass is 9.85. The molecule has 3 heterocycles. The highest BCUT2D eigenvalue weighted by molar-refractivity contribution is 5.94. The molecule has 1 aliphatic carbocycles. The molecule has 5 heteroatoms. The van der Waals surface area contributed by atoms with Crippen molar-refractivity contribution < 1.29 is 4.79 Å². The van der Waals surface area contributed by atoms with E-state index in [4.69, 9.17) is 0 Å². The molecule has 1 atom stereocenters. The number of anilines is 1. The second kappa shape index (κ2) is 10.6. The van der Waals surface area contributed by atoms with E-state index in [1.165, 1.54) is 42.2 Å². The zero-order valence-corrected chi connectivity index (χ0v) is 19.6. The third-order valence-electron chi connectivity index (χ3n) is 7.14. The first-order valence-corrected chi connectivity index (χ1v) is 12.5. The average Bonchev–Trinajstić information content (AvgIpc) is 3.54. The molecule has 3 aromatic heterocycles. The Morgan fingerprint density at radius 3 is 2.56 bits per heavy atom. The molecule has 4 aromatic rings. The highest BCUT2D eigenvalue weighted by Crippen LogP contribution is 2.35. The van der Waals surface area contributed by atoms with Gasteiger partial charge in [-0.15, -0.1) is 0 Å². The third kappa shape index (κ3) is 5.04. The van der Waals surface area contributed by atoms with Crippen molar-refractivity contribution in [1.82, 2.24) is 14.5 Å². The van der Waals surface area contributed by atoms with Crippen molar-refractivity contribution in [3.8, 4) is 11.1 Å². The van der Waals surface area contributed by atoms with E-state index in [0.29, 0.717) is 5.92 Å². The average molecular weight is 453 g/mol. The molecule has 0 spiro atoms. The first-order valence-electron chi connectivity index (χ1n) is 12.5. The van der Waals surface area contributed by atoms with Crippen molar-refractivity contribution in [3.63, 3.8) is 0 Å². The fraction of sp³-hybridized carbons (Fsp3) is 0.345. The number of nitrogens with zero attached hydrogens (tertiary/aromatic N) is 3. The molecule has 174 valence electrons. The predicted octanol–water partition coefficient (Wildman–Crippen LogP) is 6.71. The number of fused-ring (bicyclic) bond motifs is 1. The Balaban J connectivity index is 1.25. The zero-order chi connectivity index (χ0) is 23.2. The fourth-order valence-electron chi connectivity index (χ4n) is 5.40. The maximum absolute atomic E-state index is 13.2. The number of pyridine rings is 2. The summed E-state index contributed by atoms with van der Waals surface area (Å²) in [7, 11) is 0. The van der Waals surface area contributed by atoms with Gasteiger partial charge >= 0.3 is 0 Å². The number of rotatable bonds is 9. The van der Waals surface area contributed by atoms with Gasteiger partial charge in [0.05, 0.1) is 0 Å². The van der Waals surface area contributed by atoms with E-state index in [2.05, 4.69) is 56.4 Å². The summed E-state index contributed by atoms with van der Waals surface area (Å²) in [5.74, 6) is 0.744. The van der Waals surface area contributed by atoms with Gasteiger partial charge in [-0.1, -0.05) is 49.6 Å². The van der Waals surface area contributed by atoms with Crippen LogP contribution in [0.5, 0.6) is 0 Å². The van der Waals surface area contributed by atoms with Gasteiger partial charge in [0.1, 0.15) is 5.65 Å². The van der Waals surface area contributed by atoms with Crippen LogP contribution in [0.4, 0.5) is 5.69 Å². The SMILES string of the molecule is O=C(Nc1ccncc1)C(CCCCn1cc(-c2ccccc2)c2cccnc21)C1CCCC1. The molecule has 1 unspecified atom stereocenters. The van der Waals surface area contributed by atoms with Gasteiger partial charge in [0.15, 0.2) is 0 Å². The van der Waals surface area contributed by atoms with Crippen LogP contribution in [0, 0.1) is 11.8 Å². The van der Waals surface area contributed by atoms with Gasteiger partial charge in [-0.25, -0.2) is 4.98 Å². The van der Waals surface area contributed by atoms with Crippen LogP contribution in [0.15, 0.2) is 79.4 Å². The Hall–Kier alpha value is -3.47. The summed E-state index contributed by atoms with van der Waals surface area (Å²) in [5, 5.41) is 4.32. The van der Waals surface area contributed by atoms with E-state index in [1.807, 2.05) is 30.5 Å². The Morgan fingerprint density at radius 2 is 1.76 bits per heavy atom. The van der Waals surface area contributed by atoms with Crippen LogP contribution in [0.3, 0.4) is 0 Å². The summed E-state index contributed by atoms with van der Waals surface area (Å²) < 4.78 is 2.28. The summed E-state index contributed by atoms with van der Waals surface area (Å²) in [6.45, 7) is 0.906. The van der Waals surface area contributed by atoms with Crippen LogP contribution < -0.4 is 5.32 Å². The van der Waals surface area contributed by atoms with Crippen molar-refractivity contribution in [3.05, 3.63) is 79.4 Å². The van der Waals surface area contributed by atoms with E-state index in [0.717, 1.165) is 37.1 Å². The number of unbranched alkanes of at least 4 members (excludes halogenated alkanes) is 1. The second-order valence-electron chi connectivity index (χ2n) is 9.35. The number of aromatic nitrogens is 3. The molecule has 1 saturated carbocycles. The second-order valence-corrected chi connectivity index (χ2v) is 9.35. The summed E-state index contributed by atoms with van der Waals surface area (Å²) in [6.07, 6.45) is 15.4. The Kier molecular flexibility index (Phi) is 6.99. The van der Waals surface area contributed by atoms with Crippen LogP contribution in [-0.2, 0) is 11.3 Å². The number of aryl methyl sites for hydroxylation is 1. The number of amides is 1. The van der Waals surface area contributed by atoms with Crippen LogP contribution in [-0.4, -0.2) is 20.4 Å². The maximum Gasteiger partial charge on any atom is 0.227 e. The molecule has 0 saturated heterocycles. The molecule has 34 heavy (non-hydrogen) atoms.